The number of carbonyl (C=O) groups excluding carboxylic acids is 1. The second kappa shape index (κ2) is 9.57. The summed E-state index contributed by atoms with van der Waals surface area (Å²) in [6.07, 6.45) is 11.1. The van der Waals surface area contributed by atoms with Gasteiger partial charge in [0.1, 0.15) is 5.78 Å². The zero-order valence-electron chi connectivity index (χ0n) is 17.8. The van der Waals surface area contributed by atoms with Crippen LogP contribution in [0.4, 0.5) is 0 Å². The van der Waals surface area contributed by atoms with Crippen LogP contribution >= 0.6 is 11.3 Å². The molecule has 0 bridgehead atoms. The fraction of sp³-hybridized carbons (Fsp3) is 0.385. The van der Waals surface area contributed by atoms with Crippen molar-refractivity contribution in [1.82, 2.24) is 0 Å². The Labute approximate surface area is 182 Å². The van der Waals surface area contributed by atoms with E-state index in [2.05, 4.69) is 62.9 Å². The maximum atomic E-state index is 12.5. The number of aliphatic carboxylic acids is 1. The van der Waals surface area contributed by atoms with Crippen molar-refractivity contribution in [3.8, 4) is 0 Å². The summed E-state index contributed by atoms with van der Waals surface area (Å²) in [6.45, 7) is 8.59. The maximum Gasteiger partial charge on any atom is 0.303 e. The van der Waals surface area contributed by atoms with E-state index in [1.807, 2.05) is 23.5 Å². The van der Waals surface area contributed by atoms with E-state index in [0.29, 0.717) is 19.3 Å². The number of carboxylic acids is 1. The summed E-state index contributed by atoms with van der Waals surface area (Å²) in [6, 6.07) is 10.7. The monoisotopic (exact) mass is 422 g/mol. The highest BCUT2D eigenvalue weighted by Gasteiger charge is 2.35. The molecule has 30 heavy (non-hydrogen) atoms. The molecule has 3 rings (SSSR count). The molecule has 1 aromatic carbocycles. The lowest BCUT2D eigenvalue weighted by molar-refractivity contribution is -0.137. The van der Waals surface area contributed by atoms with Crippen LogP contribution in [0.2, 0.25) is 0 Å². The predicted octanol–water partition coefficient (Wildman–Crippen LogP) is 6.70. The van der Waals surface area contributed by atoms with Crippen molar-refractivity contribution < 1.29 is 14.7 Å². The molecule has 0 aliphatic heterocycles. The van der Waals surface area contributed by atoms with Crippen LogP contribution in [0.1, 0.15) is 50.8 Å². The first kappa shape index (κ1) is 22.2. The zero-order valence-corrected chi connectivity index (χ0v) is 18.6. The van der Waals surface area contributed by atoms with Crippen molar-refractivity contribution >= 4 is 33.2 Å². The lowest BCUT2D eigenvalue weighted by Crippen LogP contribution is -2.16. The van der Waals surface area contributed by atoms with Crippen LogP contribution in [-0.4, -0.2) is 16.9 Å². The van der Waals surface area contributed by atoms with Gasteiger partial charge in [0.25, 0.3) is 0 Å². The summed E-state index contributed by atoms with van der Waals surface area (Å²) in [4.78, 5) is 24.4. The molecule has 158 valence electrons. The van der Waals surface area contributed by atoms with Gasteiger partial charge in [0, 0.05) is 39.7 Å². The first-order chi connectivity index (χ1) is 14.3. The standard InChI is InChI=1S/C26H30O3S/c1-18-16-22(27)21(11-6-4-5-7-13-25(28)29)20(18)14-15-26(2,3)24-17-19-10-8-9-12-23(19)30-24/h4,6,8-10,12,14-15,17,20-21H,1,5,7,11,13,16H2,2-3H3,(H,28,29)/b6-4-,15-14+/t20-,21+/m0/s1. The highest BCUT2D eigenvalue weighted by molar-refractivity contribution is 7.19. The van der Waals surface area contributed by atoms with Crippen molar-refractivity contribution in [1.29, 1.82) is 0 Å². The van der Waals surface area contributed by atoms with Gasteiger partial charge >= 0.3 is 5.97 Å². The number of ketones is 1. The SMILES string of the molecule is C=C1CC(=O)[C@H](C/C=C\CCCC(=O)O)[C@H]1/C=C/C(C)(C)c1cc2ccccc2s1. The minimum Gasteiger partial charge on any atom is -0.481 e. The second-order valence-corrected chi connectivity index (χ2v) is 9.74. The molecule has 1 N–H and O–H groups in total. The number of thiophene rings is 1. The molecule has 1 aliphatic carbocycles. The van der Waals surface area contributed by atoms with E-state index in [0.717, 1.165) is 12.0 Å². The first-order valence-corrected chi connectivity index (χ1v) is 11.3. The number of hydrogen-bond acceptors (Lipinski definition) is 3. The molecule has 2 aromatic rings. The number of Topliss-reactive ketones (excluding diaryl/α,β-unsaturated/α-hetero) is 1. The Bertz CT molecular complexity index is 960. The van der Waals surface area contributed by atoms with Gasteiger partial charge in [-0.15, -0.1) is 11.3 Å². The topological polar surface area (TPSA) is 54.4 Å². The molecule has 1 heterocycles. The molecule has 1 aliphatic rings. The summed E-state index contributed by atoms with van der Waals surface area (Å²) in [5.41, 5.74) is 0.875. The summed E-state index contributed by atoms with van der Waals surface area (Å²) in [5, 5.41) is 9.97. The van der Waals surface area contributed by atoms with Gasteiger partial charge in [-0.3, -0.25) is 9.59 Å². The molecular formula is C26H30O3S. The van der Waals surface area contributed by atoms with Crippen molar-refractivity contribution in [2.75, 3.05) is 0 Å². The Hall–Kier alpha value is -2.46. The Morgan fingerprint density at radius 3 is 2.80 bits per heavy atom. The second-order valence-electron chi connectivity index (χ2n) is 8.66. The molecule has 1 fully saturated rings. The minimum absolute atomic E-state index is 0.0647. The maximum absolute atomic E-state index is 12.5. The van der Waals surface area contributed by atoms with Crippen molar-refractivity contribution in [2.45, 2.75) is 51.4 Å². The van der Waals surface area contributed by atoms with E-state index in [1.165, 1.54) is 15.0 Å². The lowest BCUT2D eigenvalue weighted by atomic mass is 9.85. The normalized spacial score (nSPS) is 20.2. The van der Waals surface area contributed by atoms with Crippen molar-refractivity contribution in [3.05, 3.63) is 71.7 Å². The number of carboxylic acid groups (broad SMARTS) is 1. The molecule has 3 nitrogen and oxygen atoms in total. The summed E-state index contributed by atoms with van der Waals surface area (Å²) < 4.78 is 1.29. The van der Waals surface area contributed by atoms with E-state index in [-0.39, 0.29) is 29.5 Å². The van der Waals surface area contributed by atoms with Crippen LogP contribution in [0.15, 0.2) is 66.8 Å². The average molecular weight is 423 g/mol. The van der Waals surface area contributed by atoms with Gasteiger partial charge < -0.3 is 5.11 Å². The zero-order chi connectivity index (χ0) is 21.7. The van der Waals surface area contributed by atoms with E-state index in [4.69, 9.17) is 5.11 Å². The largest absolute Gasteiger partial charge is 0.481 e. The Morgan fingerprint density at radius 2 is 2.07 bits per heavy atom. The molecule has 0 radical (unpaired) electrons. The first-order valence-electron chi connectivity index (χ1n) is 10.5. The van der Waals surface area contributed by atoms with Crippen molar-refractivity contribution in [2.24, 2.45) is 11.8 Å². The fourth-order valence-electron chi connectivity index (χ4n) is 3.96. The number of carbonyl (C=O) groups is 2. The molecule has 1 saturated carbocycles. The summed E-state index contributed by atoms with van der Waals surface area (Å²) in [5.74, 6) is -0.515. The molecule has 0 amide bonds. The fourth-order valence-corrected chi connectivity index (χ4v) is 5.11. The minimum atomic E-state index is -0.767. The highest BCUT2D eigenvalue weighted by Crippen LogP contribution is 2.39. The van der Waals surface area contributed by atoms with Gasteiger partial charge in [-0.05, 0) is 36.8 Å². The Kier molecular flexibility index (Phi) is 7.09. The average Bonchev–Trinajstić information content (AvgIpc) is 3.24. The number of hydrogen-bond donors (Lipinski definition) is 1. The number of fused-ring (bicyclic) bond motifs is 1. The molecule has 2 atom stereocenters. The summed E-state index contributed by atoms with van der Waals surface area (Å²) >= 11 is 1.82. The van der Waals surface area contributed by atoms with E-state index < -0.39 is 5.97 Å². The molecule has 1 aromatic heterocycles. The quantitative estimate of drug-likeness (QED) is 0.361. The third-order valence-corrected chi connectivity index (χ3v) is 7.27. The molecule has 0 saturated heterocycles. The van der Waals surface area contributed by atoms with Crippen LogP contribution in [0, 0.1) is 11.8 Å². The predicted molar refractivity (Wildman–Crippen MR) is 125 cm³/mol. The van der Waals surface area contributed by atoms with Crippen LogP contribution in [-0.2, 0) is 15.0 Å². The van der Waals surface area contributed by atoms with Crippen LogP contribution in [0.3, 0.4) is 0 Å². The van der Waals surface area contributed by atoms with Crippen LogP contribution in [0.5, 0.6) is 0 Å². The molecular weight excluding hydrogens is 392 g/mol. The van der Waals surface area contributed by atoms with Gasteiger partial charge in [0.2, 0.25) is 0 Å². The van der Waals surface area contributed by atoms with Gasteiger partial charge in [-0.1, -0.05) is 68.5 Å². The third kappa shape index (κ3) is 5.37. The smallest absolute Gasteiger partial charge is 0.303 e. The number of benzene rings is 1. The Balaban J connectivity index is 1.68. The third-order valence-electron chi connectivity index (χ3n) is 5.82. The van der Waals surface area contributed by atoms with Gasteiger partial charge in [-0.2, -0.15) is 0 Å². The van der Waals surface area contributed by atoms with E-state index in [1.54, 1.807) is 0 Å². The van der Waals surface area contributed by atoms with Gasteiger partial charge in [0.15, 0.2) is 0 Å². The Morgan fingerprint density at radius 1 is 1.30 bits per heavy atom. The molecule has 0 spiro atoms. The number of unbranched alkanes of at least 4 members (excludes halogenated alkanes) is 1. The van der Waals surface area contributed by atoms with Gasteiger partial charge in [-0.25, -0.2) is 0 Å². The van der Waals surface area contributed by atoms with Crippen molar-refractivity contribution in [3.63, 3.8) is 0 Å². The van der Waals surface area contributed by atoms with E-state index >= 15 is 0 Å². The molecule has 4 heteroatoms. The molecule has 0 unspecified atom stereocenters. The lowest BCUT2D eigenvalue weighted by Gasteiger charge is -2.21. The van der Waals surface area contributed by atoms with E-state index in [9.17, 15) is 9.59 Å². The summed E-state index contributed by atoms with van der Waals surface area (Å²) in [7, 11) is 0. The number of allylic oxidation sites excluding steroid dienone is 5. The number of rotatable bonds is 9. The van der Waals surface area contributed by atoms with Crippen LogP contribution in [0.25, 0.3) is 10.1 Å². The van der Waals surface area contributed by atoms with Crippen LogP contribution < -0.4 is 0 Å². The highest BCUT2D eigenvalue weighted by atomic mass is 32.1. The van der Waals surface area contributed by atoms with Gasteiger partial charge in [0.05, 0.1) is 0 Å².